The Labute approximate surface area is 158 Å². The van der Waals surface area contributed by atoms with Crippen LogP contribution in [0.15, 0.2) is 55.1 Å². The van der Waals surface area contributed by atoms with Crippen LogP contribution in [-0.4, -0.2) is 44.8 Å². The van der Waals surface area contributed by atoms with E-state index in [1.165, 1.54) is 0 Å². The van der Waals surface area contributed by atoms with Crippen molar-refractivity contribution in [3.05, 3.63) is 55.1 Å². The van der Waals surface area contributed by atoms with Crippen molar-refractivity contribution in [2.75, 3.05) is 19.8 Å². The van der Waals surface area contributed by atoms with Gasteiger partial charge in [0.1, 0.15) is 5.82 Å². The van der Waals surface area contributed by atoms with Gasteiger partial charge in [0, 0.05) is 56.2 Å². The van der Waals surface area contributed by atoms with Crippen LogP contribution in [0, 0.1) is 0 Å². The molecule has 0 radical (unpaired) electrons. The van der Waals surface area contributed by atoms with Crippen LogP contribution < -0.4 is 0 Å². The Morgan fingerprint density at radius 3 is 2.81 bits per heavy atom. The maximum atomic E-state index is 6.22. The van der Waals surface area contributed by atoms with Crippen LogP contribution in [0.1, 0.15) is 31.7 Å². The molecule has 1 spiro atoms. The topological polar surface area (TPSA) is 54.1 Å². The minimum atomic E-state index is -0.0282. The number of benzene rings is 1. The van der Waals surface area contributed by atoms with Crippen molar-refractivity contribution in [1.82, 2.24) is 19.3 Å². The lowest BCUT2D eigenvalue weighted by Crippen LogP contribution is -2.44. The molecule has 2 aliphatic rings. The third-order valence-electron chi connectivity index (χ3n) is 5.81. The third kappa shape index (κ3) is 3.19. The van der Waals surface area contributed by atoms with Crippen LogP contribution in [0.4, 0.5) is 0 Å². The number of hydrogen-bond acceptors (Lipinski definition) is 4. The third-order valence-corrected chi connectivity index (χ3v) is 5.81. The average Bonchev–Trinajstić information content (AvgIpc) is 3.41. The number of imidazole rings is 1. The highest BCUT2D eigenvalue weighted by Crippen LogP contribution is 2.40. The zero-order valence-electron chi connectivity index (χ0n) is 15.3. The first-order valence-electron chi connectivity index (χ1n) is 9.68. The van der Waals surface area contributed by atoms with E-state index in [-0.39, 0.29) is 5.60 Å². The highest BCUT2D eigenvalue weighted by Gasteiger charge is 2.40. The minimum absolute atomic E-state index is 0.0282. The van der Waals surface area contributed by atoms with Gasteiger partial charge in [0.25, 0.3) is 0 Å². The number of hydrogen-bond donors (Lipinski definition) is 0. The summed E-state index contributed by atoms with van der Waals surface area (Å²) in [6.45, 7) is 2.40. The molecule has 6 nitrogen and oxygen atoms in total. The summed E-state index contributed by atoms with van der Waals surface area (Å²) in [6.07, 6.45) is 11.8. The Hall–Kier alpha value is -2.44. The molecular weight excluding hydrogens is 340 g/mol. The molecule has 0 bridgehead atoms. The normalized spacial score (nSPS) is 22.1. The van der Waals surface area contributed by atoms with Gasteiger partial charge in [-0.3, -0.25) is 0 Å². The van der Waals surface area contributed by atoms with Crippen molar-refractivity contribution >= 4 is 0 Å². The summed E-state index contributed by atoms with van der Waals surface area (Å²) < 4.78 is 16.0. The van der Waals surface area contributed by atoms with E-state index in [1.807, 2.05) is 23.1 Å². The number of rotatable bonds is 3. The number of nitrogens with zero attached hydrogens (tertiary/aromatic N) is 4. The largest absolute Gasteiger partial charge is 0.381 e. The Morgan fingerprint density at radius 2 is 1.96 bits per heavy atom. The lowest BCUT2D eigenvalue weighted by Gasteiger charge is -2.43. The van der Waals surface area contributed by atoms with Crippen LogP contribution in [0.2, 0.25) is 0 Å². The summed E-state index contributed by atoms with van der Waals surface area (Å²) in [5.41, 5.74) is 2.13. The molecule has 1 atom stereocenters. The van der Waals surface area contributed by atoms with E-state index in [0.717, 1.165) is 62.6 Å². The standard InChI is InChI=1S/C21H24N4O2/c1-3-17(15-18(4-1)25-10-2-8-23-25)20-22-9-11-24(20)19-5-12-27-21(16-19)6-13-26-14-7-21/h1-4,8-11,15,19H,5-7,12-14,16H2. The summed E-state index contributed by atoms with van der Waals surface area (Å²) in [6, 6.07) is 10.7. The molecule has 5 rings (SSSR count). The highest BCUT2D eigenvalue weighted by atomic mass is 16.5. The second-order valence-electron chi connectivity index (χ2n) is 7.45. The van der Waals surface area contributed by atoms with E-state index < -0.39 is 0 Å². The van der Waals surface area contributed by atoms with E-state index in [2.05, 4.69) is 45.1 Å². The summed E-state index contributed by atoms with van der Waals surface area (Å²) in [7, 11) is 0. The van der Waals surface area contributed by atoms with Crippen molar-refractivity contribution in [3.8, 4) is 17.1 Å². The Kier molecular flexibility index (Phi) is 4.30. The second-order valence-corrected chi connectivity index (χ2v) is 7.45. The Balaban J connectivity index is 1.45. The van der Waals surface area contributed by atoms with E-state index >= 15 is 0 Å². The van der Waals surface area contributed by atoms with Gasteiger partial charge in [-0.25, -0.2) is 9.67 Å². The SMILES string of the molecule is c1cc(-c2nccn2C2CCOC3(CCOCC3)C2)cc(-n2cccn2)c1. The molecule has 2 saturated heterocycles. The van der Waals surface area contributed by atoms with Crippen LogP contribution in [-0.2, 0) is 9.47 Å². The molecule has 2 aromatic heterocycles. The average molecular weight is 364 g/mol. The first-order valence-corrected chi connectivity index (χ1v) is 9.68. The van der Waals surface area contributed by atoms with E-state index in [9.17, 15) is 0 Å². The van der Waals surface area contributed by atoms with E-state index in [4.69, 9.17) is 9.47 Å². The van der Waals surface area contributed by atoms with Crippen molar-refractivity contribution in [2.45, 2.75) is 37.3 Å². The summed E-state index contributed by atoms with van der Waals surface area (Å²) >= 11 is 0. The lowest BCUT2D eigenvalue weighted by molar-refractivity contribution is -0.144. The molecule has 3 aromatic rings. The first kappa shape index (κ1) is 16.7. The van der Waals surface area contributed by atoms with Crippen molar-refractivity contribution < 1.29 is 9.47 Å². The molecule has 4 heterocycles. The molecular formula is C21H24N4O2. The zero-order valence-corrected chi connectivity index (χ0v) is 15.3. The maximum absolute atomic E-state index is 6.22. The molecule has 0 N–H and O–H groups in total. The molecule has 1 unspecified atom stereocenters. The van der Waals surface area contributed by atoms with Gasteiger partial charge in [-0.2, -0.15) is 5.10 Å². The molecule has 0 aliphatic carbocycles. The van der Waals surface area contributed by atoms with Crippen LogP contribution in [0.5, 0.6) is 0 Å². The van der Waals surface area contributed by atoms with Crippen LogP contribution >= 0.6 is 0 Å². The molecule has 140 valence electrons. The van der Waals surface area contributed by atoms with Gasteiger partial charge < -0.3 is 14.0 Å². The van der Waals surface area contributed by atoms with E-state index in [1.54, 1.807) is 6.20 Å². The predicted octanol–water partition coefficient (Wildman–Crippen LogP) is 3.64. The quantitative estimate of drug-likeness (QED) is 0.712. The number of ether oxygens (including phenoxy) is 2. The molecule has 6 heteroatoms. The molecule has 27 heavy (non-hydrogen) atoms. The van der Waals surface area contributed by atoms with Gasteiger partial charge in [-0.05, 0) is 43.9 Å². The summed E-state index contributed by atoms with van der Waals surface area (Å²) in [5.74, 6) is 1.01. The number of aromatic nitrogens is 4. The van der Waals surface area contributed by atoms with Crippen LogP contribution in [0.3, 0.4) is 0 Å². The molecule has 0 saturated carbocycles. The molecule has 0 amide bonds. The minimum Gasteiger partial charge on any atom is -0.381 e. The predicted molar refractivity (Wildman–Crippen MR) is 102 cm³/mol. The fourth-order valence-electron chi connectivity index (χ4n) is 4.37. The van der Waals surface area contributed by atoms with E-state index in [0.29, 0.717) is 6.04 Å². The zero-order chi connectivity index (χ0) is 18.1. The van der Waals surface area contributed by atoms with Crippen molar-refractivity contribution in [3.63, 3.8) is 0 Å². The van der Waals surface area contributed by atoms with Crippen molar-refractivity contribution in [2.24, 2.45) is 0 Å². The monoisotopic (exact) mass is 364 g/mol. The molecule has 1 aromatic carbocycles. The van der Waals surface area contributed by atoms with Gasteiger partial charge in [0.2, 0.25) is 0 Å². The van der Waals surface area contributed by atoms with Gasteiger partial charge in [0.05, 0.1) is 11.3 Å². The lowest BCUT2D eigenvalue weighted by atomic mass is 9.84. The Bertz CT molecular complexity index is 891. The van der Waals surface area contributed by atoms with Crippen molar-refractivity contribution in [1.29, 1.82) is 0 Å². The summed E-state index contributed by atoms with van der Waals surface area (Å²) in [5, 5.41) is 4.34. The molecule has 2 fully saturated rings. The fourth-order valence-corrected chi connectivity index (χ4v) is 4.37. The highest BCUT2D eigenvalue weighted by molar-refractivity contribution is 5.59. The molecule has 2 aliphatic heterocycles. The maximum Gasteiger partial charge on any atom is 0.140 e. The second kappa shape index (κ2) is 6.94. The van der Waals surface area contributed by atoms with Gasteiger partial charge in [-0.1, -0.05) is 12.1 Å². The van der Waals surface area contributed by atoms with Crippen LogP contribution in [0.25, 0.3) is 17.1 Å². The fraction of sp³-hybridized carbons (Fsp3) is 0.429. The van der Waals surface area contributed by atoms with Gasteiger partial charge in [0.15, 0.2) is 0 Å². The van der Waals surface area contributed by atoms with Gasteiger partial charge in [-0.15, -0.1) is 0 Å². The smallest absolute Gasteiger partial charge is 0.140 e. The first-order chi connectivity index (χ1) is 13.3. The summed E-state index contributed by atoms with van der Waals surface area (Å²) in [4.78, 5) is 4.69. The van der Waals surface area contributed by atoms with Gasteiger partial charge >= 0.3 is 0 Å². The Morgan fingerprint density at radius 1 is 1.04 bits per heavy atom.